The fourth-order valence-corrected chi connectivity index (χ4v) is 3.32. The predicted molar refractivity (Wildman–Crippen MR) is 112 cm³/mol. The van der Waals surface area contributed by atoms with E-state index in [2.05, 4.69) is 5.43 Å². The van der Waals surface area contributed by atoms with Crippen molar-refractivity contribution in [2.24, 2.45) is 0 Å². The predicted octanol–water partition coefficient (Wildman–Crippen LogP) is 1.91. The zero-order valence-corrected chi connectivity index (χ0v) is 17.4. The number of nitrogens with one attached hydrogen (secondary N) is 1. The first-order chi connectivity index (χ1) is 15.4. The fraction of sp³-hybridized carbons (Fsp3) is 0.364. The molecule has 32 heavy (non-hydrogen) atoms. The number of nitrogens with zero attached hydrogens (tertiary/aromatic N) is 1. The Kier molecular flexibility index (Phi) is 8.09. The number of carbonyl (C=O) groups is 2. The van der Waals surface area contributed by atoms with Crippen LogP contribution in [0.3, 0.4) is 0 Å². The van der Waals surface area contributed by atoms with Gasteiger partial charge in [0.25, 0.3) is 5.91 Å². The quantitative estimate of drug-likeness (QED) is 0.288. The van der Waals surface area contributed by atoms with Crippen molar-refractivity contribution in [1.82, 2.24) is 10.4 Å². The second-order valence-electron chi connectivity index (χ2n) is 7.19. The van der Waals surface area contributed by atoms with Crippen LogP contribution in [0.25, 0.3) is 0 Å². The summed E-state index contributed by atoms with van der Waals surface area (Å²) in [6.45, 7) is 1.48. The number of benzene rings is 2. The molecular weight excluding hydrogens is 424 g/mol. The first-order valence-electron chi connectivity index (χ1n) is 10.2. The molecule has 1 heterocycles. The molecule has 4 N–H and O–H groups in total. The zero-order valence-electron chi connectivity index (χ0n) is 17.4. The van der Waals surface area contributed by atoms with Gasteiger partial charge in [-0.05, 0) is 43.2 Å². The Bertz CT molecular complexity index is 980. The van der Waals surface area contributed by atoms with Crippen LogP contribution in [-0.4, -0.2) is 61.3 Å². The monoisotopic (exact) mass is 449 g/mol. The van der Waals surface area contributed by atoms with E-state index in [0.29, 0.717) is 0 Å². The van der Waals surface area contributed by atoms with E-state index in [1.807, 2.05) is 0 Å². The van der Waals surface area contributed by atoms with Crippen molar-refractivity contribution in [3.05, 3.63) is 58.7 Å². The van der Waals surface area contributed by atoms with Crippen molar-refractivity contribution >= 4 is 17.4 Å². The molecule has 0 unspecified atom stereocenters. The number of hydrogen-bond acceptors (Lipinski definition) is 7. The Labute approximate surface area is 183 Å². The number of ether oxygens (including phenoxy) is 2. The molecule has 0 saturated carbocycles. The van der Waals surface area contributed by atoms with Gasteiger partial charge in [0.1, 0.15) is 17.9 Å². The second kappa shape index (κ2) is 11.0. The van der Waals surface area contributed by atoms with Crippen molar-refractivity contribution in [2.75, 3.05) is 45.3 Å². The third-order valence-electron chi connectivity index (χ3n) is 4.93. The molecule has 0 spiro atoms. The van der Waals surface area contributed by atoms with Gasteiger partial charge in [0.15, 0.2) is 11.6 Å². The molecule has 0 bridgehead atoms. The summed E-state index contributed by atoms with van der Waals surface area (Å²) in [5.41, 5.74) is 8.24. The molecule has 8 nitrogen and oxygen atoms in total. The minimum Gasteiger partial charge on any atom is -0.490 e. The van der Waals surface area contributed by atoms with Gasteiger partial charge < -0.3 is 20.3 Å². The van der Waals surface area contributed by atoms with Crippen LogP contribution in [0.1, 0.15) is 39.1 Å². The molecule has 10 heteroatoms. The summed E-state index contributed by atoms with van der Waals surface area (Å²) in [5.74, 6) is -3.99. The number of rotatable bonds is 10. The summed E-state index contributed by atoms with van der Waals surface area (Å²) < 4.78 is 38.9. The van der Waals surface area contributed by atoms with E-state index < -0.39 is 23.0 Å². The minimum atomic E-state index is -1.36. The SMILES string of the molecule is Nc1cc(C(=O)NN2CCCC2)ccc1C(=O)c1c(OCCOCCO)ccc(F)c1F. The molecule has 1 amide bonds. The number of hydrogen-bond donors (Lipinski definition) is 3. The fourth-order valence-electron chi connectivity index (χ4n) is 3.32. The van der Waals surface area contributed by atoms with E-state index in [-0.39, 0.29) is 54.9 Å². The van der Waals surface area contributed by atoms with E-state index >= 15 is 0 Å². The molecule has 172 valence electrons. The van der Waals surface area contributed by atoms with E-state index in [4.69, 9.17) is 20.3 Å². The van der Waals surface area contributed by atoms with Crippen molar-refractivity contribution in [3.63, 3.8) is 0 Å². The Balaban J connectivity index is 1.80. The number of nitrogen functional groups attached to an aromatic ring is 1. The number of amides is 1. The summed E-state index contributed by atoms with van der Waals surface area (Å²) in [7, 11) is 0. The molecule has 0 atom stereocenters. The molecule has 2 aromatic rings. The standard InChI is InChI=1S/C22H25F2N3O5/c23-16-5-6-18(32-12-11-31-10-9-28)19(20(16)24)21(29)15-4-3-14(13-17(15)25)22(30)26-27-7-1-2-8-27/h3-6,13,28H,1-2,7-12,25H2,(H,26,30). The van der Waals surface area contributed by atoms with Crippen LogP contribution >= 0.6 is 0 Å². The number of anilines is 1. The van der Waals surface area contributed by atoms with Gasteiger partial charge in [-0.3, -0.25) is 15.0 Å². The highest BCUT2D eigenvalue weighted by molar-refractivity contribution is 6.14. The number of aliphatic hydroxyl groups is 1. The van der Waals surface area contributed by atoms with E-state index in [1.165, 1.54) is 18.2 Å². The summed E-state index contributed by atoms with van der Waals surface area (Å²) in [5, 5.41) is 10.5. The van der Waals surface area contributed by atoms with Crippen LogP contribution in [0.15, 0.2) is 30.3 Å². The van der Waals surface area contributed by atoms with E-state index in [0.717, 1.165) is 38.1 Å². The smallest absolute Gasteiger partial charge is 0.265 e. The Morgan fingerprint density at radius 2 is 1.84 bits per heavy atom. The Morgan fingerprint density at radius 3 is 2.53 bits per heavy atom. The maximum Gasteiger partial charge on any atom is 0.265 e. The van der Waals surface area contributed by atoms with Crippen LogP contribution in [0.5, 0.6) is 5.75 Å². The van der Waals surface area contributed by atoms with Crippen molar-refractivity contribution < 1.29 is 33.0 Å². The average molecular weight is 449 g/mol. The van der Waals surface area contributed by atoms with Crippen LogP contribution in [-0.2, 0) is 4.74 Å². The van der Waals surface area contributed by atoms with Gasteiger partial charge in [-0.1, -0.05) is 0 Å². The molecular formula is C22H25F2N3O5. The highest BCUT2D eigenvalue weighted by Gasteiger charge is 2.25. The van der Waals surface area contributed by atoms with Gasteiger partial charge >= 0.3 is 0 Å². The summed E-state index contributed by atoms with van der Waals surface area (Å²) >= 11 is 0. The molecule has 1 aliphatic rings. The summed E-state index contributed by atoms with van der Waals surface area (Å²) in [6.07, 6.45) is 1.99. The largest absolute Gasteiger partial charge is 0.490 e. The number of hydrazine groups is 1. The van der Waals surface area contributed by atoms with Gasteiger partial charge in [0.05, 0.1) is 19.8 Å². The van der Waals surface area contributed by atoms with E-state index in [1.54, 1.807) is 5.01 Å². The van der Waals surface area contributed by atoms with Gasteiger partial charge in [-0.15, -0.1) is 0 Å². The third-order valence-corrected chi connectivity index (χ3v) is 4.93. The topological polar surface area (TPSA) is 114 Å². The van der Waals surface area contributed by atoms with Gasteiger partial charge in [-0.25, -0.2) is 13.8 Å². The highest BCUT2D eigenvalue weighted by Crippen LogP contribution is 2.29. The maximum absolute atomic E-state index is 14.5. The molecule has 0 radical (unpaired) electrons. The van der Waals surface area contributed by atoms with Crippen molar-refractivity contribution in [2.45, 2.75) is 12.8 Å². The second-order valence-corrected chi connectivity index (χ2v) is 7.19. The first-order valence-corrected chi connectivity index (χ1v) is 10.2. The number of carbonyl (C=O) groups excluding carboxylic acids is 2. The summed E-state index contributed by atoms with van der Waals surface area (Å²) in [6, 6.07) is 6.01. The molecule has 3 rings (SSSR count). The lowest BCUT2D eigenvalue weighted by Crippen LogP contribution is -2.40. The minimum absolute atomic E-state index is 0.0452. The van der Waals surface area contributed by atoms with E-state index in [9.17, 15) is 18.4 Å². The molecule has 1 aliphatic heterocycles. The molecule has 0 aromatic heterocycles. The molecule has 1 saturated heterocycles. The van der Waals surface area contributed by atoms with Gasteiger partial charge in [-0.2, -0.15) is 0 Å². The maximum atomic E-state index is 14.5. The number of ketones is 1. The normalized spacial score (nSPS) is 13.8. The molecule has 0 aliphatic carbocycles. The Morgan fingerprint density at radius 1 is 1.09 bits per heavy atom. The van der Waals surface area contributed by atoms with Crippen LogP contribution in [0, 0.1) is 11.6 Å². The Hall–Kier alpha value is -3.08. The van der Waals surface area contributed by atoms with Crippen LogP contribution in [0.4, 0.5) is 14.5 Å². The highest BCUT2D eigenvalue weighted by atomic mass is 19.2. The molecule has 2 aromatic carbocycles. The summed E-state index contributed by atoms with van der Waals surface area (Å²) in [4.78, 5) is 25.4. The lowest BCUT2D eigenvalue weighted by Gasteiger charge is -2.17. The number of nitrogens with two attached hydrogens (primary N) is 1. The zero-order chi connectivity index (χ0) is 23.1. The lowest BCUT2D eigenvalue weighted by molar-refractivity contribution is 0.0700. The van der Waals surface area contributed by atoms with Gasteiger partial charge in [0, 0.05) is 29.9 Å². The van der Waals surface area contributed by atoms with Crippen molar-refractivity contribution in [3.8, 4) is 5.75 Å². The third kappa shape index (κ3) is 5.58. The number of aliphatic hydroxyl groups excluding tert-OH is 1. The van der Waals surface area contributed by atoms with Gasteiger partial charge in [0.2, 0.25) is 5.78 Å². The van der Waals surface area contributed by atoms with Crippen LogP contribution in [0.2, 0.25) is 0 Å². The first kappa shape index (κ1) is 23.6. The van der Waals surface area contributed by atoms with Crippen LogP contribution < -0.4 is 15.9 Å². The number of halogens is 2. The van der Waals surface area contributed by atoms with Crippen molar-refractivity contribution in [1.29, 1.82) is 0 Å². The lowest BCUT2D eigenvalue weighted by atomic mass is 9.98. The molecule has 1 fully saturated rings. The average Bonchev–Trinajstić information content (AvgIpc) is 3.28.